The maximum Gasteiger partial charge on any atom is 0.408 e. The molecule has 0 radical (unpaired) electrons. The van der Waals surface area contributed by atoms with Gasteiger partial charge < -0.3 is 19.5 Å². The smallest absolute Gasteiger partial charge is 0.408 e. The first-order valence-electron chi connectivity index (χ1n) is 13.1. The van der Waals surface area contributed by atoms with Gasteiger partial charge in [-0.2, -0.15) is 0 Å². The minimum absolute atomic E-state index is 0.357. The maximum absolute atomic E-state index is 12.3. The lowest BCUT2D eigenvalue weighted by atomic mass is 9.92. The van der Waals surface area contributed by atoms with Crippen molar-refractivity contribution in [2.45, 2.75) is 78.5 Å². The van der Waals surface area contributed by atoms with Gasteiger partial charge in [0.15, 0.2) is 0 Å². The van der Waals surface area contributed by atoms with Crippen LogP contribution in [0.1, 0.15) is 64.7 Å². The molecule has 194 valence electrons. The number of rotatable bonds is 7. The van der Waals surface area contributed by atoms with Crippen LogP contribution < -0.4 is 5.32 Å². The van der Waals surface area contributed by atoms with E-state index in [-0.39, 0.29) is 11.6 Å². The van der Waals surface area contributed by atoms with E-state index < -0.39 is 5.60 Å². The zero-order valence-electron chi connectivity index (χ0n) is 22.7. The summed E-state index contributed by atoms with van der Waals surface area (Å²) in [5.41, 5.74) is 3.47. The number of pyridine rings is 1. The maximum atomic E-state index is 12.3. The summed E-state index contributed by atoms with van der Waals surface area (Å²) in [5.74, 6) is 1.73. The number of piperidine rings is 1. The van der Waals surface area contributed by atoms with E-state index in [1.54, 1.807) is 0 Å². The summed E-state index contributed by atoms with van der Waals surface area (Å²) in [6.07, 6.45) is 2.85. The van der Waals surface area contributed by atoms with E-state index in [0.717, 1.165) is 68.2 Å². The van der Waals surface area contributed by atoms with Gasteiger partial charge in [-0.1, -0.05) is 18.2 Å². The number of para-hydroxylation sites is 2. The number of alkyl carbamates (subject to hydrolysis) is 1. The zero-order chi connectivity index (χ0) is 25.9. The first-order valence-corrected chi connectivity index (χ1v) is 13.1. The number of imidazole rings is 1. The van der Waals surface area contributed by atoms with E-state index in [9.17, 15) is 4.79 Å². The average Bonchev–Trinajstić information content (AvgIpc) is 3.10. The molecule has 0 spiro atoms. The molecule has 7 heteroatoms. The Kier molecular flexibility index (Phi) is 7.69. The van der Waals surface area contributed by atoms with Crippen LogP contribution in [-0.2, 0) is 17.7 Å². The molecule has 1 aromatic carbocycles. The summed E-state index contributed by atoms with van der Waals surface area (Å²) in [4.78, 5) is 24.5. The van der Waals surface area contributed by atoms with E-state index >= 15 is 0 Å². The van der Waals surface area contributed by atoms with Crippen molar-refractivity contribution in [1.29, 1.82) is 0 Å². The van der Waals surface area contributed by atoms with Crippen LogP contribution >= 0.6 is 0 Å². The molecule has 7 nitrogen and oxygen atoms in total. The molecule has 1 aliphatic heterocycles. The SMILES string of the molecule is Cc1cccc(Cn2c(CC3CCN(CC(C)(C)NC(=O)OC(C)(C)C)CC3)nc3ccccc32)n1. The number of fused-ring (bicyclic) bond motifs is 1. The number of carbonyl (C=O) groups excluding carboxylic acids is 1. The van der Waals surface area contributed by atoms with E-state index in [1.807, 2.05) is 33.8 Å². The second-order valence-electron chi connectivity index (χ2n) is 11.8. The summed E-state index contributed by atoms with van der Waals surface area (Å²) in [6, 6.07) is 14.6. The molecular weight excluding hydrogens is 450 g/mol. The average molecular weight is 492 g/mol. The summed E-state index contributed by atoms with van der Waals surface area (Å²) in [6.45, 7) is 15.4. The lowest BCUT2D eigenvalue weighted by molar-refractivity contribution is 0.0436. The highest BCUT2D eigenvalue weighted by molar-refractivity contribution is 5.76. The van der Waals surface area contributed by atoms with Crippen LogP contribution in [0.25, 0.3) is 11.0 Å². The monoisotopic (exact) mass is 491 g/mol. The summed E-state index contributed by atoms with van der Waals surface area (Å²) in [5, 5.41) is 3.04. The zero-order valence-corrected chi connectivity index (χ0v) is 22.7. The number of ether oxygens (including phenoxy) is 1. The Bertz CT molecular complexity index is 1190. The van der Waals surface area contributed by atoms with Crippen LogP contribution in [0.15, 0.2) is 42.5 Å². The molecule has 1 aliphatic rings. The van der Waals surface area contributed by atoms with Crippen molar-refractivity contribution in [3.05, 3.63) is 59.7 Å². The quantitative estimate of drug-likeness (QED) is 0.483. The van der Waals surface area contributed by atoms with Gasteiger partial charge in [0.1, 0.15) is 11.4 Å². The van der Waals surface area contributed by atoms with Crippen molar-refractivity contribution in [1.82, 2.24) is 24.8 Å². The largest absolute Gasteiger partial charge is 0.444 e. The molecule has 0 atom stereocenters. The van der Waals surface area contributed by atoms with Gasteiger partial charge >= 0.3 is 6.09 Å². The van der Waals surface area contributed by atoms with Crippen LogP contribution in [0.3, 0.4) is 0 Å². The van der Waals surface area contributed by atoms with Gasteiger partial charge in [0.05, 0.1) is 28.8 Å². The van der Waals surface area contributed by atoms with Crippen LogP contribution in [0.4, 0.5) is 4.79 Å². The van der Waals surface area contributed by atoms with Gasteiger partial charge in [0.2, 0.25) is 0 Å². The van der Waals surface area contributed by atoms with Crippen molar-refractivity contribution in [2.75, 3.05) is 19.6 Å². The Balaban J connectivity index is 1.38. The predicted octanol–water partition coefficient (Wildman–Crippen LogP) is 5.35. The minimum atomic E-state index is -0.496. The molecule has 1 N–H and O–H groups in total. The third kappa shape index (κ3) is 7.06. The van der Waals surface area contributed by atoms with Gasteiger partial charge in [0, 0.05) is 18.7 Å². The first-order chi connectivity index (χ1) is 17.0. The van der Waals surface area contributed by atoms with Gasteiger partial charge in [-0.05, 0) is 97.7 Å². The van der Waals surface area contributed by atoms with Crippen molar-refractivity contribution in [3.63, 3.8) is 0 Å². The number of hydrogen-bond donors (Lipinski definition) is 1. The molecule has 0 bridgehead atoms. The normalized spacial score (nSPS) is 15.8. The predicted molar refractivity (Wildman–Crippen MR) is 144 cm³/mol. The number of nitrogens with zero attached hydrogens (tertiary/aromatic N) is 4. The van der Waals surface area contributed by atoms with Crippen molar-refractivity contribution in [3.8, 4) is 0 Å². The van der Waals surface area contributed by atoms with Crippen molar-refractivity contribution in [2.24, 2.45) is 5.92 Å². The van der Waals surface area contributed by atoms with E-state index in [4.69, 9.17) is 14.7 Å². The number of likely N-dealkylation sites (tertiary alicyclic amines) is 1. The van der Waals surface area contributed by atoms with Gasteiger partial charge in [-0.25, -0.2) is 9.78 Å². The highest BCUT2D eigenvalue weighted by Crippen LogP contribution is 2.26. The van der Waals surface area contributed by atoms with Gasteiger partial charge in [0.25, 0.3) is 0 Å². The third-order valence-electron chi connectivity index (χ3n) is 6.64. The fourth-order valence-electron chi connectivity index (χ4n) is 5.09. The number of hydrogen-bond acceptors (Lipinski definition) is 5. The number of aryl methyl sites for hydroxylation is 1. The molecular formula is C29H41N5O2. The molecule has 1 amide bonds. The molecule has 4 rings (SSSR count). The summed E-state index contributed by atoms with van der Waals surface area (Å²) >= 11 is 0. The summed E-state index contributed by atoms with van der Waals surface area (Å²) in [7, 11) is 0. The number of benzene rings is 1. The number of amides is 1. The number of carbonyl (C=O) groups is 1. The Morgan fingerprint density at radius 1 is 1.03 bits per heavy atom. The van der Waals surface area contributed by atoms with Gasteiger partial charge in [-0.3, -0.25) is 4.98 Å². The van der Waals surface area contributed by atoms with Crippen LogP contribution in [0.2, 0.25) is 0 Å². The molecule has 36 heavy (non-hydrogen) atoms. The highest BCUT2D eigenvalue weighted by Gasteiger charge is 2.29. The van der Waals surface area contributed by atoms with Crippen LogP contribution in [0.5, 0.6) is 0 Å². The second-order valence-corrected chi connectivity index (χ2v) is 11.8. The third-order valence-corrected chi connectivity index (χ3v) is 6.64. The van der Waals surface area contributed by atoms with Crippen LogP contribution in [0, 0.1) is 12.8 Å². The summed E-state index contributed by atoms with van der Waals surface area (Å²) < 4.78 is 7.79. The minimum Gasteiger partial charge on any atom is -0.444 e. The lowest BCUT2D eigenvalue weighted by Crippen LogP contribution is -2.53. The number of aromatic nitrogens is 3. The molecule has 0 unspecified atom stereocenters. The standard InChI is InChI=1S/C29H41N5O2/c1-21-10-9-11-23(30-21)19-34-25-13-8-7-12-24(25)31-26(34)18-22-14-16-33(17-15-22)20-29(5,6)32-27(35)36-28(2,3)4/h7-13,22H,14-20H2,1-6H3,(H,32,35). The van der Waals surface area contributed by atoms with E-state index in [1.165, 1.54) is 5.52 Å². The fourth-order valence-corrected chi connectivity index (χ4v) is 5.09. The van der Waals surface area contributed by atoms with Crippen LogP contribution in [-0.4, -0.2) is 56.3 Å². The Morgan fingerprint density at radius 3 is 2.44 bits per heavy atom. The molecule has 3 aromatic rings. The lowest BCUT2D eigenvalue weighted by Gasteiger charge is -2.38. The second kappa shape index (κ2) is 10.6. The highest BCUT2D eigenvalue weighted by atomic mass is 16.6. The molecule has 3 heterocycles. The molecule has 0 aliphatic carbocycles. The van der Waals surface area contributed by atoms with E-state index in [0.29, 0.717) is 5.92 Å². The Morgan fingerprint density at radius 2 is 1.75 bits per heavy atom. The molecule has 2 aromatic heterocycles. The van der Waals surface area contributed by atoms with Crippen molar-refractivity contribution < 1.29 is 9.53 Å². The number of nitrogens with one attached hydrogen (secondary N) is 1. The Labute approximate surface area is 215 Å². The van der Waals surface area contributed by atoms with E-state index in [2.05, 4.69) is 65.0 Å². The molecule has 1 fully saturated rings. The first kappa shape index (κ1) is 26.1. The molecule has 0 saturated carbocycles. The molecule has 1 saturated heterocycles. The topological polar surface area (TPSA) is 72.3 Å². The fraction of sp³-hybridized carbons (Fsp3) is 0.552. The van der Waals surface area contributed by atoms with Gasteiger partial charge in [-0.15, -0.1) is 0 Å². The Hall–Kier alpha value is -2.93. The van der Waals surface area contributed by atoms with Crippen molar-refractivity contribution >= 4 is 17.1 Å².